The Hall–Kier alpha value is -1.07. The van der Waals surface area contributed by atoms with Crippen LogP contribution in [0.5, 0.6) is 0 Å². The number of ether oxygens (including phenoxy) is 4. The Balaban J connectivity index is 4.93. The molecule has 0 aromatic rings. The Labute approximate surface area is 170 Å². The van der Waals surface area contributed by atoms with E-state index in [9.17, 15) is 4.79 Å². The minimum atomic E-state index is -3.35. The van der Waals surface area contributed by atoms with E-state index in [0.29, 0.717) is 38.4 Å². The molecule has 0 aliphatic carbocycles. The zero-order chi connectivity index (χ0) is 21.6. The van der Waals surface area contributed by atoms with Gasteiger partial charge in [-0.2, -0.15) is 0 Å². The van der Waals surface area contributed by atoms with Gasteiger partial charge >= 0.3 is 20.9 Å². The van der Waals surface area contributed by atoms with Crippen molar-refractivity contribution < 1.29 is 37.0 Å². The largest absolute Gasteiger partial charge is 0.534 e. The lowest BCUT2D eigenvalue weighted by atomic mass is 10.1. The summed E-state index contributed by atoms with van der Waals surface area (Å²) in [6.45, 7) is 17.8. The highest BCUT2D eigenvalue weighted by Crippen LogP contribution is 2.25. The first-order chi connectivity index (χ1) is 13.2. The third-order valence-corrected chi connectivity index (χ3v) is 5.74. The van der Waals surface area contributed by atoms with Crippen LogP contribution in [-0.2, 0) is 37.0 Å². The highest BCUT2D eigenvalue weighted by molar-refractivity contribution is 6.66. The monoisotopic (exact) mass is 420 g/mol. The Morgan fingerprint density at radius 2 is 1.68 bits per heavy atom. The predicted molar refractivity (Wildman–Crippen MR) is 107 cm³/mol. The van der Waals surface area contributed by atoms with Gasteiger partial charge in [-0.05, 0) is 45.7 Å². The number of rotatable bonds is 17. The number of hydrogen-bond donors (Lipinski definition) is 0. The summed E-state index contributed by atoms with van der Waals surface area (Å²) in [4.78, 5) is 11.5. The molecule has 9 heteroatoms. The van der Waals surface area contributed by atoms with Gasteiger partial charge in [-0.1, -0.05) is 20.1 Å². The molecule has 0 aromatic heterocycles. The molecule has 0 N–H and O–H groups in total. The number of esters is 1. The van der Waals surface area contributed by atoms with Gasteiger partial charge in [0.05, 0.1) is 26.4 Å². The average molecular weight is 421 g/mol. The summed E-state index contributed by atoms with van der Waals surface area (Å²) >= 11 is 0. The second-order valence-electron chi connectivity index (χ2n) is 6.03. The van der Waals surface area contributed by atoms with E-state index in [1.807, 2.05) is 6.92 Å². The molecule has 0 heterocycles. The molecule has 0 radical (unpaired) electrons. The summed E-state index contributed by atoms with van der Waals surface area (Å²) in [7, 11) is -1.88. The van der Waals surface area contributed by atoms with Crippen LogP contribution in [-0.4, -0.2) is 61.1 Å². The number of hydrogen-bond acceptors (Lipinski definition) is 8. The van der Waals surface area contributed by atoms with Crippen molar-refractivity contribution in [2.24, 2.45) is 5.92 Å². The first-order valence-electron chi connectivity index (χ1n) is 9.50. The van der Waals surface area contributed by atoms with Crippen LogP contribution in [0.3, 0.4) is 0 Å². The first kappa shape index (κ1) is 26.9. The van der Waals surface area contributed by atoms with Crippen molar-refractivity contribution in [2.45, 2.75) is 47.2 Å². The predicted octanol–water partition coefficient (Wildman–Crippen LogP) is 3.20. The SMILES string of the molecule is C=C[Si](OC)(OCCC(C)COC(=O)C(=C)C)OC(OCC)(OCC)OCC. The Morgan fingerprint density at radius 1 is 1.14 bits per heavy atom. The second kappa shape index (κ2) is 14.0. The Morgan fingerprint density at radius 3 is 2.07 bits per heavy atom. The molecule has 8 nitrogen and oxygen atoms in total. The van der Waals surface area contributed by atoms with Crippen molar-refractivity contribution in [3.63, 3.8) is 0 Å². The van der Waals surface area contributed by atoms with E-state index in [4.69, 9.17) is 32.2 Å². The van der Waals surface area contributed by atoms with Gasteiger partial charge in [-0.15, -0.1) is 0 Å². The fourth-order valence-corrected chi connectivity index (χ4v) is 3.61. The van der Waals surface area contributed by atoms with E-state index >= 15 is 0 Å². The fourth-order valence-electron chi connectivity index (χ4n) is 2.06. The van der Waals surface area contributed by atoms with E-state index in [1.54, 1.807) is 27.7 Å². The molecule has 0 fully saturated rings. The molecule has 0 aliphatic heterocycles. The van der Waals surface area contributed by atoms with E-state index in [2.05, 4.69) is 13.2 Å². The lowest BCUT2D eigenvalue weighted by molar-refractivity contribution is -0.477. The van der Waals surface area contributed by atoms with Crippen LogP contribution in [0.2, 0.25) is 0 Å². The maximum Gasteiger partial charge on any atom is 0.534 e. The Bertz CT molecular complexity index is 468. The molecule has 28 heavy (non-hydrogen) atoms. The van der Waals surface area contributed by atoms with E-state index in [0.717, 1.165) is 0 Å². The standard InChI is InChI=1S/C19H36O8Si/c1-9-23-19(24-10-2,25-11-3)27-28(12-4,21-8)26-14-13-17(7)15-22-18(20)16(5)6/h12,17H,4-5,9-11,13-15H2,1-3,6-8H3. The van der Waals surface area contributed by atoms with Gasteiger partial charge in [0.15, 0.2) is 0 Å². The molecule has 0 saturated heterocycles. The van der Waals surface area contributed by atoms with E-state index in [1.165, 1.54) is 12.8 Å². The molecule has 0 spiro atoms. The molecule has 0 rings (SSSR count). The molecule has 0 aromatic carbocycles. The normalized spacial score (nSPS) is 14.9. The molecular weight excluding hydrogens is 384 g/mol. The van der Waals surface area contributed by atoms with E-state index < -0.39 is 20.9 Å². The molecule has 0 amide bonds. The van der Waals surface area contributed by atoms with Crippen LogP contribution >= 0.6 is 0 Å². The summed E-state index contributed by atoms with van der Waals surface area (Å²) in [5, 5.41) is 0. The molecule has 2 atom stereocenters. The minimum absolute atomic E-state index is 0.0760. The molecule has 0 aliphatic rings. The maximum absolute atomic E-state index is 11.5. The maximum atomic E-state index is 11.5. The van der Waals surface area contributed by atoms with Crippen LogP contribution in [0.15, 0.2) is 24.4 Å². The van der Waals surface area contributed by atoms with Gasteiger partial charge < -0.3 is 27.8 Å². The smallest absolute Gasteiger partial charge is 0.462 e. The summed E-state index contributed by atoms with van der Waals surface area (Å²) in [5.41, 5.74) is 1.86. The topological polar surface area (TPSA) is 81.7 Å². The zero-order valence-electron chi connectivity index (χ0n) is 18.1. The minimum Gasteiger partial charge on any atom is -0.462 e. The average Bonchev–Trinajstić information content (AvgIpc) is 2.65. The fraction of sp³-hybridized carbons (Fsp3) is 0.737. The van der Waals surface area contributed by atoms with Crippen molar-refractivity contribution >= 4 is 14.8 Å². The van der Waals surface area contributed by atoms with Gasteiger partial charge in [0, 0.05) is 19.3 Å². The van der Waals surface area contributed by atoms with Crippen molar-refractivity contribution in [1.29, 1.82) is 0 Å². The molecule has 164 valence electrons. The van der Waals surface area contributed by atoms with Gasteiger partial charge in [-0.3, -0.25) is 4.43 Å². The highest BCUT2D eigenvalue weighted by Gasteiger charge is 2.49. The van der Waals surface area contributed by atoms with Crippen LogP contribution in [0.4, 0.5) is 0 Å². The van der Waals surface area contributed by atoms with Gasteiger partial charge in [0.25, 0.3) is 0 Å². The van der Waals surface area contributed by atoms with Crippen LogP contribution in [0, 0.1) is 5.92 Å². The second-order valence-corrected chi connectivity index (χ2v) is 8.55. The number of carbonyl (C=O) groups excluding carboxylic acids is 1. The third-order valence-electron chi connectivity index (χ3n) is 3.53. The van der Waals surface area contributed by atoms with Crippen LogP contribution in [0.25, 0.3) is 0 Å². The van der Waals surface area contributed by atoms with Crippen molar-refractivity contribution in [3.05, 3.63) is 24.4 Å². The Kier molecular flexibility index (Phi) is 13.5. The first-order valence-corrected chi connectivity index (χ1v) is 11.3. The van der Waals surface area contributed by atoms with E-state index in [-0.39, 0.29) is 12.5 Å². The van der Waals surface area contributed by atoms with Crippen molar-refractivity contribution in [2.75, 3.05) is 40.1 Å². The zero-order valence-corrected chi connectivity index (χ0v) is 19.1. The van der Waals surface area contributed by atoms with Crippen LogP contribution < -0.4 is 0 Å². The van der Waals surface area contributed by atoms with Crippen LogP contribution in [0.1, 0.15) is 41.0 Å². The summed E-state index contributed by atoms with van der Waals surface area (Å²) in [6.07, 6.45) is -1.11. The third kappa shape index (κ3) is 9.42. The van der Waals surface area contributed by atoms with Crippen molar-refractivity contribution in [3.8, 4) is 0 Å². The summed E-state index contributed by atoms with van der Waals surface area (Å²) in [6, 6.07) is 0. The van der Waals surface area contributed by atoms with Crippen molar-refractivity contribution in [1.82, 2.24) is 0 Å². The molecule has 2 unspecified atom stereocenters. The molecule has 0 bridgehead atoms. The summed E-state index contributed by atoms with van der Waals surface area (Å²) in [5.74, 6) is -0.329. The lowest BCUT2D eigenvalue weighted by Crippen LogP contribution is -2.55. The van der Waals surface area contributed by atoms with Gasteiger partial charge in [0.1, 0.15) is 0 Å². The summed E-state index contributed by atoms with van der Waals surface area (Å²) < 4.78 is 39.3. The highest BCUT2D eigenvalue weighted by atomic mass is 28.4. The lowest BCUT2D eigenvalue weighted by Gasteiger charge is -2.37. The molecule has 0 saturated carbocycles. The quantitative estimate of drug-likeness (QED) is 0.154. The van der Waals surface area contributed by atoms with Gasteiger partial charge in [-0.25, -0.2) is 4.79 Å². The molecular formula is C19H36O8Si. The van der Waals surface area contributed by atoms with Gasteiger partial charge in [0.2, 0.25) is 0 Å². The number of carbonyl (C=O) groups is 1.